The van der Waals surface area contributed by atoms with Gasteiger partial charge in [-0.2, -0.15) is 0 Å². The molecule has 9 heteroatoms. The maximum absolute atomic E-state index is 13.2. The Morgan fingerprint density at radius 1 is 0.914 bits per heavy atom. The van der Waals surface area contributed by atoms with Crippen molar-refractivity contribution in [2.45, 2.75) is 26.4 Å². The van der Waals surface area contributed by atoms with Crippen molar-refractivity contribution in [2.75, 3.05) is 31.5 Å². The van der Waals surface area contributed by atoms with Crippen LogP contribution in [0.25, 0.3) is 11.3 Å². The monoisotopic (exact) mass is 477 g/mol. The Hall–Kier alpha value is -4.01. The summed E-state index contributed by atoms with van der Waals surface area (Å²) in [6.45, 7) is 7.25. The smallest absolute Gasteiger partial charge is 0.410 e. The number of nitrogens with zero attached hydrogens (tertiary/aromatic N) is 4. The second-order valence-electron chi connectivity index (χ2n) is 9.23. The highest BCUT2D eigenvalue weighted by Gasteiger charge is 2.28. The highest BCUT2D eigenvalue weighted by Crippen LogP contribution is 2.21. The number of rotatable bonds is 4. The van der Waals surface area contributed by atoms with Gasteiger partial charge in [-0.15, -0.1) is 0 Å². The van der Waals surface area contributed by atoms with E-state index in [0.29, 0.717) is 43.4 Å². The van der Waals surface area contributed by atoms with Gasteiger partial charge in [0.15, 0.2) is 0 Å². The summed E-state index contributed by atoms with van der Waals surface area (Å²) in [5, 5.41) is 3.13. The zero-order valence-corrected chi connectivity index (χ0v) is 20.0. The van der Waals surface area contributed by atoms with Gasteiger partial charge < -0.3 is 19.9 Å². The van der Waals surface area contributed by atoms with E-state index in [0.717, 1.165) is 11.3 Å². The van der Waals surface area contributed by atoms with Gasteiger partial charge in [-0.25, -0.2) is 19.2 Å². The van der Waals surface area contributed by atoms with E-state index in [1.165, 1.54) is 12.1 Å². The number of anilines is 2. The fraction of sp³-hybridized carbons (Fsp3) is 0.308. The molecular formula is C26H28FN5O3. The molecule has 0 bridgehead atoms. The van der Waals surface area contributed by atoms with Crippen LogP contribution in [0.1, 0.15) is 31.1 Å². The molecule has 1 N–H and O–H groups in total. The summed E-state index contributed by atoms with van der Waals surface area (Å²) < 4.78 is 18.6. The molecule has 2 aromatic carbocycles. The maximum atomic E-state index is 13.2. The Kier molecular flexibility index (Phi) is 6.95. The van der Waals surface area contributed by atoms with Crippen molar-refractivity contribution in [3.8, 4) is 11.3 Å². The highest BCUT2D eigenvalue weighted by molar-refractivity contribution is 5.94. The zero-order chi connectivity index (χ0) is 25.0. The number of nitrogens with one attached hydrogen (secondary N) is 1. The molecule has 1 aliphatic rings. The average molecular weight is 478 g/mol. The van der Waals surface area contributed by atoms with Crippen LogP contribution < -0.4 is 5.32 Å². The summed E-state index contributed by atoms with van der Waals surface area (Å²) in [6.07, 6.45) is 1.27. The molecule has 0 radical (unpaired) electrons. The van der Waals surface area contributed by atoms with Crippen LogP contribution in [0.3, 0.4) is 0 Å². The topological polar surface area (TPSA) is 87.7 Å². The second kappa shape index (κ2) is 10.1. The quantitative estimate of drug-likeness (QED) is 0.585. The molecule has 1 saturated heterocycles. The molecule has 4 rings (SSSR count). The first kappa shape index (κ1) is 24.1. The third-order valence-electron chi connectivity index (χ3n) is 5.40. The number of hydrogen-bond donors (Lipinski definition) is 1. The molecular weight excluding hydrogens is 449 g/mol. The van der Waals surface area contributed by atoms with Crippen molar-refractivity contribution in [2.24, 2.45) is 0 Å². The van der Waals surface area contributed by atoms with Crippen LogP contribution in [0, 0.1) is 5.82 Å². The number of hydrogen-bond acceptors (Lipinski definition) is 6. The number of carbonyl (C=O) groups is 2. The van der Waals surface area contributed by atoms with Gasteiger partial charge in [-0.3, -0.25) is 4.79 Å². The van der Waals surface area contributed by atoms with E-state index < -0.39 is 5.60 Å². The predicted molar refractivity (Wildman–Crippen MR) is 131 cm³/mol. The second-order valence-corrected chi connectivity index (χ2v) is 9.23. The highest BCUT2D eigenvalue weighted by atomic mass is 19.1. The Morgan fingerprint density at radius 2 is 1.54 bits per heavy atom. The summed E-state index contributed by atoms with van der Waals surface area (Å²) in [7, 11) is 0. The zero-order valence-electron chi connectivity index (χ0n) is 20.0. The van der Waals surface area contributed by atoms with Gasteiger partial charge >= 0.3 is 6.09 Å². The first-order chi connectivity index (χ1) is 16.7. The minimum absolute atomic E-state index is 0.0880. The van der Waals surface area contributed by atoms with E-state index in [2.05, 4.69) is 15.3 Å². The van der Waals surface area contributed by atoms with Gasteiger partial charge in [-0.1, -0.05) is 0 Å². The van der Waals surface area contributed by atoms with Crippen LogP contribution in [-0.4, -0.2) is 63.5 Å². The number of carbonyl (C=O) groups excluding carboxylic acids is 2. The lowest BCUT2D eigenvalue weighted by atomic mass is 10.1. The standard InChI is InChI=1S/C26H28FN5O3/c1-26(2,3)35-25(34)32-16-14-31(15-17-32)23(33)19-6-10-21(11-7-19)29-24-28-13-12-22(30-24)18-4-8-20(27)9-5-18/h4-13H,14-17H2,1-3H3,(H,28,29,30). The van der Waals surface area contributed by atoms with E-state index in [1.54, 1.807) is 58.5 Å². The maximum Gasteiger partial charge on any atom is 0.410 e. The lowest BCUT2D eigenvalue weighted by Gasteiger charge is -2.35. The van der Waals surface area contributed by atoms with Crippen molar-refractivity contribution in [1.29, 1.82) is 0 Å². The molecule has 35 heavy (non-hydrogen) atoms. The van der Waals surface area contributed by atoms with Crippen molar-refractivity contribution in [3.05, 3.63) is 72.2 Å². The molecule has 182 valence electrons. The van der Waals surface area contributed by atoms with Crippen molar-refractivity contribution < 1.29 is 18.7 Å². The third kappa shape index (κ3) is 6.32. The average Bonchev–Trinajstić information content (AvgIpc) is 2.84. The van der Waals surface area contributed by atoms with Crippen LogP contribution in [0.4, 0.5) is 20.8 Å². The molecule has 1 aliphatic heterocycles. The van der Waals surface area contributed by atoms with E-state index in [1.807, 2.05) is 20.8 Å². The molecule has 0 aliphatic carbocycles. The minimum atomic E-state index is -0.548. The van der Waals surface area contributed by atoms with Crippen molar-refractivity contribution >= 4 is 23.6 Å². The molecule has 0 saturated carbocycles. The molecule has 2 heterocycles. The van der Waals surface area contributed by atoms with Gasteiger partial charge in [-0.05, 0) is 75.4 Å². The number of piperazine rings is 1. The summed E-state index contributed by atoms with van der Waals surface area (Å²) >= 11 is 0. The van der Waals surface area contributed by atoms with E-state index in [4.69, 9.17) is 4.74 Å². The summed E-state index contributed by atoms with van der Waals surface area (Å²) in [4.78, 5) is 37.2. The molecule has 0 spiro atoms. The lowest BCUT2D eigenvalue weighted by Crippen LogP contribution is -2.51. The number of ether oxygens (including phenoxy) is 1. The van der Waals surface area contributed by atoms with Gasteiger partial charge in [0, 0.05) is 49.2 Å². The van der Waals surface area contributed by atoms with Gasteiger partial charge in [0.25, 0.3) is 5.91 Å². The molecule has 0 atom stereocenters. The molecule has 1 fully saturated rings. The SMILES string of the molecule is CC(C)(C)OC(=O)N1CCN(C(=O)c2ccc(Nc3nccc(-c4ccc(F)cc4)n3)cc2)CC1. The van der Waals surface area contributed by atoms with Crippen LogP contribution in [-0.2, 0) is 4.74 Å². The lowest BCUT2D eigenvalue weighted by molar-refractivity contribution is 0.0141. The fourth-order valence-electron chi connectivity index (χ4n) is 3.63. The Labute approximate surface area is 203 Å². The minimum Gasteiger partial charge on any atom is -0.444 e. The summed E-state index contributed by atoms with van der Waals surface area (Å²) in [5.41, 5.74) is 2.19. The molecule has 8 nitrogen and oxygen atoms in total. The Morgan fingerprint density at radius 3 is 2.17 bits per heavy atom. The first-order valence-electron chi connectivity index (χ1n) is 11.4. The van der Waals surface area contributed by atoms with Crippen LogP contribution in [0.15, 0.2) is 60.8 Å². The largest absolute Gasteiger partial charge is 0.444 e. The Bertz CT molecular complexity index is 1180. The number of amides is 2. The number of aromatic nitrogens is 2. The van der Waals surface area contributed by atoms with Gasteiger partial charge in [0.05, 0.1) is 5.69 Å². The van der Waals surface area contributed by atoms with Crippen LogP contribution in [0.5, 0.6) is 0 Å². The van der Waals surface area contributed by atoms with Crippen molar-refractivity contribution in [1.82, 2.24) is 19.8 Å². The molecule has 0 unspecified atom stereocenters. The Balaban J connectivity index is 1.35. The van der Waals surface area contributed by atoms with Gasteiger partial charge in [0.1, 0.15) is 11.4 Å². The molecule has 3 aromatic rings. The van der Waals surface area contributed by atoms with Crippen LogP contribution in [0.2, 0.25) is 0 Å². The molecule has 1 aromatic heterocycles. The van der Waals surface area contributed by atoms with Crippen molar-refractivity contribution in [3.63, 3.8) is 0 Å². The number of benzene rings is 2. The molecule has 2 amide bonds. The fourth-order valence-corrected chi connectivity index (χ4v) is 3.63. The van der Waals surface area contributed by atoms with Gasteiger partial charge in [0.2, 0.25) is 5.95 Å². The summed E-state index contributed by atoms with van der Waals surface area (Å²) in [6, 6.07) is 14.9. The van der Waals surface area contributed by atoms with E-state index >= 15 is 0 Å². The first-order valence-corrected chi connectivity index (χ1v) is 11.4. The summed E-state index contributed by atoms with van der Waals surface area (Å²) in [5.74, 6) is -0.000163. The predicted octanol–water partition coefficient (Wildman–Crippen LogP) is 4.72. The number of halogens is 1. The third-order valence-corrected chi connectivity index (χ3v) is 5.40. The normalized spacial score (nSPS) is 13.9. The van der Waals surface area contributed by atoms with E-state index in [-0.39, 0.29) is 17.8 Å². The van der Waals surface area contributed by atoms with E-state index in [9.17, 15) is 14.0 Å². The van der Waals surface area contributed by atoms with Crippen LogP contribution >= 0.6 is 0 Å².